The molecule has 0 unspecified atom stereocenters. The summed E-state index contributed by atoms with van der Waals surface area (Å²) in [6.07, 6.45) is 3.65. The Morgan fingerprint density at radius 1 is 1.17 bits per heavy atom. The highest BCUT2D eigenvalue weighted by atomic mass is 16.1. The number of benzene rings is 1. The molecule has 0 aliphatic carbocycles. The molecule has 1 heterocycles. The van der Waals surface area contributed by atoms with Crippen LogP contribution in [-0.4, -0.2) is 5.91 Å². The van der Waals surface area contributed by atoms with E-state index in [-0.39, 0.29) is 12.5 Å². The molecule has 1 N–H and O–H groups in total. The van der Waals surface area contributed by atoms with Crippen LogP contribution in [-0.2, 0) is 11.3 Å². The minimum absolute atomic E-state index is 0.111. The normalized spacial score (nSPS) is 9.78. The molecule has 1 radical (unpaired) electrons. The highest BCUT2D eigenvalue weighted by Crippen LogP contribution is 2.14. The van der Waals surface area contributed by atoms with Crippen LogP contribution in [0.1, 0.15) is 0 Å². The first-order chi connectivity index (χ1) is 8.78. The first-order valence-electron chi connectivity index (χ1n) is 5.47. The zero-order valence-electron chi connectivity index (χ0n) is 9.65. The van der Waals surface area contributed by atoms with Gasteiger partial charge in [0.15, 0.2) is 12.4 Å². The van der Waals surface area contributed by atoms with Gasteiger partial charge in [0.2, 0.25) is 6.54 Å². The van der Waals surface area contributed by atoms with Crippen molar-refractivity contribution in [1.82, 2.24) is 5.53 Å². The zero-order chi connectivity index (χ0) is 12.8. The molecule has 1 aromatic heterocycles. The Kier molecular flexibility index (Phi) is 3.76. The van der Waals surface area contributed by atoms with Crippen LogP contribution in [0.5, 0.6) is 0 Å². The second-order valence-electron chi connectivity index (χ2n) is 3.74. The van der Waals surface area contributed by atoms with E-state index < -0.39 is 0 Å². The predicted molar refractivity (Wildman–Crippen MR) is 65.9 cm³/mol. The fraction of sp³-hybridized carbons (Fsp3) is 0.0769. The van der Waals surface area contributed by atoms with Crippen molar-refractivity contribution in [2.24, 2.45) is 5.11 Å². The van der Waals surface area contributed by atoms with Gasteiger partial charge < -0.3 is 5.32 Å². The van der Waals surface area contributed by atoms with Gasteiger partial charge in [0, 0.05) is 17.8 Å². The van der Waals surface area contributed by atoms with Crippen LogP contribution in [0, 0.1) is 0 Å². The van der Waals surface area contributed by atoms with Gasteiger partial charge in [-0.1, -0.05) is 6.07 Å². The lowest BCUT2D eigenvalue weighted by Gasteiger charge is -2.02. The number of hydrogen-bond acceptors (Lipinski definition) is 2. The van der Waals surface area contributed by atoms with Crippen LogP contribution in [0.3, 0.4) is 0 Å². The van der Waals surface area contributed by atoms with Crippen molar-refractivity contribution in [3.63, 3.8) is 0 Å². The Morgan fingerprint density at radius 2 is 1.83 bits per heavy atom. The summed E-state index contributed by atoms with van der Waals surface area (Å²) in [5.74, 6) is -0.111. The lowest BCUT2D eigenvalue weighted by atomic mass is 10.3. The van der Waals surface area contributed by atoms with E-state index in [2.05, 4.69) is 10.4 Å². The third-order valence-corrected chi connectivity index (χ3v) is 2.37. The van der Waals surface area contributed by atoms with Crippen molar-refractivity contribution in [3.05, 3.63) is 54.9 Å². The number of rotatable bonds is 4. The smallest absolute Gasteiger partial charge is 0.290 e. The van der Waals surface area contributed by atoms with E-state index in [1.165, 1.54) is 0 Å². The van der Waals surface area contributed by atoms with Crippen molar-refractivity contribution in [2.75, 3.05) is 5.32 Å². The van der Waals surface area contributed by atoms with Crippen LogP contribution < -0.4 is 15.4 Å². The number of carbonyl (C=O) groups is 1. The second kappa shape index (κ2) is 5.67. The zero-order valence-corrected chi connectivity index (χ0v) is 9.65. The molecule has 1 amide bonds. The molecule has 0 bridgehead atoms. The third-order valence-electron chi connectivity index (χ3n) is 2.37. The largest absolute Gasteiger partial charge is 0.321 e. The topological polar surface area (TPSA) is 67.6 Å². The molecule has 1 aromatic carbocycles. The van der Waals surface area contributed by atoms with E-state index >= 15 is 0 Å². The average molecular weight is 240 g/mol. The summed E-state index contributed by atoms with van der Waals surface area (Å²) in [6, 6.07) is 12.2. The SMILES string of the molecule is [N]=Nc1ccc(NC(=O)C[n+]2ccccc2)cc1. The quantitative estimate of drug-likeness (QED) is 0.638. The highest BCUT2D eigenvalue weighted by Gasteiger charge is 2.08. The lowest BCUT2D eigenvalue weighted by molar-refractivity contribution is -0.684. The number of hydrogen-bond donors (Lipinski definition) is 1. The molecule has 0 saturated carbocycles. The van der Waals surface area contributed by atoms with E-state index in [0.717, 1.165) is 0 Å². The number of anilines is 1. The van der Waals surface area contributed by atoms with Gasteiger partial charge in [0.25, 0.3) is 5.91 Å². The van der Waals surface area contributed by atoms with Crippen LogP contribution in [0.15, 0.2) is 60.0 Å². The maximum atomic E-state index is 11.7. The number of aromatic nitrogens is 1. The van der Waals surface area contributed by atoms with Crippen molar-refractivity contribution in [1.29, 1.82) is 0 Å². The van der Waals surface area contributed by atoms with Crippen molar-refractivity contribution >= 4 is 17.3 Å². The summed E-state index contributed by atoms with van der Waals surface area (Å²) in [5, 5.41) is 5.80. The van der Waals surface area contributed by atoms with E-state index in [1.54, 1.807) is 28.8 Å². The van der Waals surface area contributed by atoms with E-state index in [0.29, 0.717) is 11.4 Å². The minimum Gasteiger partial charge on any atom is -0.321 e. The average Bonchev–Trinajstić information content (AvgIpc) is 2.40. The van der Waals surface area contributed by atoms with E-state index in [4.69, 9.17) is 5.53 Å². The first kappa shape index (κ1) is 11.9. The highest BCUT2D eigenvalue weighted by molar-refractivity contribution is 5.89. The summed E-state index contributed by atoms with van der Waals surface area (Å²) in [6.45, 7) is 0.257. The Labute approximate surface area is 105 Å². The molecule has 2 rings (SSSR count). The molecule has 18 heavy (non-hydrogen) atoms. The number of carbonyl (C=O) groups excluding carboxylic acids is 1. The van der Waals surface area contributed by atoms with Crippen LogP contribution in [0.2, 0.25) is 0 Å². The van der Waals surface area contributed by atoms with Gasteiger partial charge >= 0.3 is 0 Å². The molecule has 0 aliphatic rings. The van der Waals surface area contributed by atoms with E-state index in [1.807, 2.05) is 30.6 Å². The summed E-state index contributed by atoms with van der Waals surface area (Å²) < 4.78 is 1.78. The fourth-order valence-corrected chi connectivity index (χ4v) is 1.52. The molecule has 5 nitrogen and oxygen atoms in total. The second-order valence-corrected chi connectivity index (χ2v) is 3.74. The van der Waals surface area contributed by atoms with Crippen LogP contribution >= 0.6 is 0 Å². The molecule has 89 valence electrons. The Bertz CT molecular complexity index is 537. The van der Waals surface area contributed by atoms with Crippen molar-refractivity contribution in [3.8, 4) is 0 Å². The molecule has 0 saturated heterocycles. The maximum absolute atomic E-state index is 11.7. The standard InChI is InChI=1S/C13H11N4O/c14-16-12-6-4-11(5-7-12)15-13(18)10-17-8-2-1-3-9-17/h1-9H,10H2/p+1. The first-order valence-corrected chi connectivity index (χ1v) is 5.47. The number of pyridine rings is 1. The molecule has 0 fully saturated rings. The predicted octanol–water partition coefficient (Wildman–Crippen LogP) is 1.50. The lowest BCUT2D eigenvalue weighted by Crippen LogP contribution is -2.39. The van der Waals surface area contributed by atoms with Crippen LogP contribution in [0.25, 0.3) is 0 Å². The fourth-order valence-electron chi connectivity index (χ4n) is 1.52. The van der Waals surface area contributed by atoms with Crippen LogP contribution in [0.4, 0.5) is 11.4 Å². The number of nitrogens with one attached hydrogen (secondary N) is 1. The van der Waals surface area contributed by atoms with Gasteiger partial charge in [-0.15, -0.1) is 5.11 Å². The minimum atomic E-state index is -0.111. The van der Waals surface area contributed by atoms with Gasteiger partial charge in [-0.05, 0) is 29.8 Å². The molecule has 0 aliphatic heterocycles. The van der Waals surface area contributed by atoms with Crippen molar-refractivity contribution < 1.29 is 9.36 Å². The summed E-state index contributed by atoms with van der Waals surface area (Å²) >= 11 is 0. The summed E-state index contributed by atoms with van der Waals surface area (Å²) in [5.41, 5.74) is 9.66. The Morgan fingerprint density at radius 3 is 2.44 bits per heavy atom. The molecular formula is C13H12N4O+. The van der Waals surface area contributed by atoms with Gasteiger partial charge in [-0.2, -0.15) is 4.57 Å². The van der Waals surface area contributed by atoms with Gasteiger partial charge in [0.05, 0.1) is 5.69 Å². The van der Waals surface area contributed by atoms with E-state index in [9.17, 15) is 4.79 Å². The molecule has 2 aromatic rings. The summed E-state index contributed by atoms with van der Waals surface area (Å²) in [4.78, 5) is 11.7. The monoisotopic (exact) mass is 240 g/mol. The number of nitrogens with zero attached hydrogens (tertiary/aromatic N) is 3. The van der Waals surface area contributed by atoms with Gasteiger partial charge in [-0.25, -0.2) is 0 Å². The van der Waals surface area contributed by atoms with Crippen molar-refractivity contribution in [2.45, 2.75) is 6.54 Å². The Hall–Kier alpha value is -2.56. The number of amides is 1. The molecule has 5 heteroatoms. The molecule has 0 spiro atoms. The maximum Gasteiger partial charge on any atom is 0.290 e. The van der Waals surface area contributed by atoms with Gasteiger partial charge in [-0.3, -0.25) is 4.79 Å². The molecular weight excluding hydrogens is 228 g/mol. The van der Waals surface area contributed by atoms with Gasteiger partial charge in [0.1, 0.15) is 0 Å². The summed E-state index contributed by atoms with van der Waals surface area (Å²) in [7, 11) is 0. The Balaban J connectivity index is 1.96. The third kappa shape index (κ3) is 3.21. The molecule has 0 atom stereocenters.